The van der Waals surface area contributed by atoms with Gasteiger partial charge < -0.3 is 5.11 Å². The van der Waals surface area contributed by atoms with E-state index in [4.69, 9.17) is 0 Å². The molecule has 1 saturated heterocycles. The zero-order valence-electron chi connectivity index (χ0n) is 14.8. The van der Waals surface area contributed by atoms with Crippen LogP contribution in [0.4, 0.5) is 5.69 Å². The van der Waals surface area contributed by atoms with Gasteiger partial charge in [-0.3, -0.25) is 20.2 Å². The number of nitrogens with one attached hydrogen (secondary N) is 1. The molecule has 2 heterocycles. The molecule has 4 atom stereocenters. The number of fused-ring (bicyclic) bond motifs is 5. The molecule has 1 amide bonds. The van der Waals surface area contributed by atoms with Crippen LogP contribution in [-0.2, 0) is 16.0 Å². The Labute approximate surface area is 160 Å². The monoisotopic (exact) mass is 375 g/mol. The highest BCUT2D eigenvalue weighted by molar-refractivity contribution is 6.13. The second-order valence-electron chi connectivity index (χ2n) is 7.08. The maximum Gasteiger partial charge on any atom is 0.328 e. The highest BCUT2D eigenvalue weighted by Crippen LogP contribution is 2.46. The number of hydrogen-bond donors (Lipinski definition) is 2. The first-order chi connectivity index (χ1) is 13.6. The van der Waals surface area contributed by atoms with E-state index in [0.717, 1.165) is 11.1 Å². The first-order valence-corrected chi connectivity index (χ1v) is 9.07. The van der Waals surface area contributed by atoms with Crippen molar-refractivity contribution < 1.29 is 14.7 Å². The molecule has 140 valence electrons. The smallest absolute Gasteiger partial charge is 0.328 e. The number of nitrogens with zero attached hydrogens (tertiary/aromatic N) is 4. The van der Waals surface area contributed by atoms with Crippen molar-refractivity contribution in [3.8, 4) is 0 Å². The van der Waals surface area contributed by atoms with Crippen molar-refractivity contribution in [3.05, 3.63) is 65.7 Å². The zero-order chi connectivity index (χ0) is 19.3. The number of rotatable bonds is 3. The fourth-order valence-corrected chi connectivity index (χ4v) is 4.25. The number of aliphatic imine (C=N–C) groups is 1. The molecular formula is C20H17N5O3. The Bertz CT molecular complexity index is 1020. The van der Waals surface area contributed by atoms with Crippen LogP contribution in [0.3, 0.4) is 0 Å². The average Bonchev–Trinajstić information content (AvgIpc) is 3.23. The third-order valence-corrected chi connectivity index (χ3v) is 5.46. The van der Waals surface area contributed by atoms with E-state index in [-0.39, 0.29) is 17.9 Å². The van der Waals surface area contributed by atoms with E-state index in [9.17, 15) is 14.7 Å². The maximum absolute atomic E-state index is 12.6. The first kappa shape index (κ1) is 16.6. The van der Waals surface area contributed by atoms with E-state index < -0.39 is 18.1 Å². The van der Waals surface area contributed by atoms with Gasteiger partial charge in [0.2, 0.25) is 6.04 Å². The summed E-state index contributed by atoms with van der Waals surface area (Å²) in [6, 6.07) is 14.8. The van der Waals surface area contributed by atoms with Crippen LogP contribution in [0.2, 0.25) is 0 Å². The molecular weight excluding hydrogens is 358 g/mol. The van der Waals surface area contributed by atoms with E-state index in [1.807, 2.05) is 42.5 Å². The lowest BCUT2D eigenvalue weighted by atomic mass is 9.90. The summed E-state index contributed by atoms with van der Waals surface area (Å²) in [6.45, 7) is 0. The number of carboxylic acids is 1. The summed E-state index contributed by atoms with van der Waals surface area (Å²) in [7, 11) is 0. The molecule has 28 heavy (non-hydrogen) atoms. The molecule has 8 nitrogen and oxygen atoms in total. The highest BCUT2D eigenvalue weighted by Gasteiger charge is 2.53. The predicted molar refractivity (Wildman–Crippen MR) is 100.0 cm³/mol. The lowest BCUT2D eigenvalue weighted by Crippen LogP contribution is -2.49. The standard InChI is InChI=1S/C20H17N5O3/c26-19-16(23-22-12-7-2-1-3-8-12)18-21-15(20(27)28)14-10-11-6-4-5-9-13(11)17(14)25(18)24-19/h1-9,14-17H,10H2,(H,24,26)(H,27,28). The maximum atomic E-state index is 12.6. The highest BCUT2D eigenvalue weighted by atomic mass is 16.4. The predicted octanol–water partition coefficient (Wildman–Crippen LogP) is 2.26. The fraction of sp³-hybridized carbons (Fsp3) is 0.250. The Hall–Kier alpha value is -3.55. The number of amidine groups is 1. The molecule has 1 aliphatic carbocycles. The van der Waals surface area contributed by atoms with Gasteiger partial charge in [0.15, 0.2) is 11.9 Å². The number of hydrazine groups is 1. The first-order valence-electron chi connectivity index (χ1n) is 9.07. The molecule has 0 bridgehead atoms. The molecule has 5 rings (SSSR count). The number of azo groups is 1. The van der Waals surface area contributed by atoms with Crippen molar-refractivity contribution in [3.63, 3.8) is 0 Å². The lowest BCUT2D eigenvalue weighted by molar-refractivity contribution is -0.140. The van der Waals surface area contributed by atoms with Crippen LogP contribution in [0.1, 0.15) is 17.2 Å². The summed E-state index contributed by atoms with van der Waals surface area (Å²) in [4.78, 5) is 28.9. The second-order valence-corrected chi connectivity index (χ2v) is 7.08. The number of amides is 1. The lowest BCUT2D eigenvalue weighted by Gasteiger charge is -2.37. The Morgan fingerprint density at radius 3 is 2.68 bits per heavy atom. The molecule has 2 N–H and O–H groups in total. The Morgan fingerprint density at radius 2 is 1.89 bits per heavy atom. The van der Waals surface area contributed by atoms with Gasteiger partial charge in [0.25, 0.3) is 5.91 Å². The summed E-state index contributed by atoms with van der Waals surface area (Å²) in [5.74, 6) is -1.28. The van der Waals surface area contributed by atoms with E-state index in [0.29, 0.717) is 17.9 Å². The van der Waals surface area contributed by atoms with Gasteiger partial charge in [-0.05, 0) is 29.7 Å². The van der Waals surface area contributed by atoms with Crippen LogP contribution in [0.25, 0.3) is 0 Å². The average molecular weight is 375 g/mol. The van der Waals surface area contributed by atoms with Gasteiger partial charge in [-0.2, -0.15) is 10.2 Å². The molecule has 0 spiro atoms. The van der Waals surface area contributed by atoms with E-state index >= 15 is 0 Å². The van der Waals surface area contributed by atoms with Gasteiger partial charge in [0.1, 0.15) is 0 Å². The van der Waals surface area contributed by atoms with Crippen molar-refractivity contribution in [1.29, 1.82) is 0 Å². The van der Waals surface area contributed by atoms with E-state index in [1.54, 1.807) is 17.1 Å². The summed E-state index contributed by atoms with van der Waals surface area (Å²) >= 11 is 0. The van der Waals surface area contributed by atoms with Gasteiger partial charge in [0.05, 0.1) is 11.7 Å². The second kappa shape index (κ2) is 6.26. The van der Waals surface area contributed by atoms with Crippen molar-refractivity contribution in [1.82, 2.24) is 10.4 Å². The third-order valence-electron chi connectivity index (χ3n) is 5.46. The minimum atomic E-state index is -0.993. The molecule has 0 radical (unpaired) electrons. The number of hydrogen-bond acceptors (Lipinski definition) is 6. The fourth-order valence-electron chi connectivity index (χ4n) is 4.25. The van der Waals surface area contributed by atoms with Crippen LogP contribution < -0.4 is 5.43 Å². The molecule has 4 unspecified atom stereocenters. The van der Waals surface area contributed by atoms with Gasteiger partial charge in [-0.15, -0.1) is 0 Å². The van der Waals surface area contributed by atoms with Gasteiger partial charge in [-0.25, -0.2) is 4.79 Å². The molecule has 0 aromatic heterocycles. The van der Waals surface area contributed by atoms with Crippen LogP contribution in [-0.4, -0.2) is 39.9 Å². The number of carboxylic acid groups (broad SMARTS) is 1. The summed E-state index contributed by atoms with van der Waals surface area (Å²) in [5.41, 5.74) is 5.55. The molecule has 3 aliphatic rings. The number of carbonyl (C=O) groups is 2. The minimum absolute atomic E-state index is 0.247. The Kier molecular flexibility index (Phi) is 3.71. The van der Waals surface area contributed by atoms with Crippen LogP contribution in [0.5, 0.6) is 0 Å². The van der Waals surface area contributed by atoms with E-state index in [2.05, 4.69) is 20.6 Å². The van der Waals surface area contributed by atoms with Crippen LogP contribution in [0.15, 0.2) is 69.8 Å². The minimum Gasteiger partial charge on any atom is -0.480 e. The summed E-state index contributed by atoms with van der Waals surface area (Å²) in [5, 5.41) is 19.8. The third kappa shape index (κ3) is 2.49. The van der Waals surface area contributed by atoms with Crippen molar-refractivity contribution >= 4 is 23.4 Å². The zero-order valence-corrected chi connectivity index (χ0v) is 14.8. The van der Waals surface area contributed by atoms with E-state index in [1.165, 1.54) is 0 Å². The summed E-state index contributed by atoms with van der Waals surface area (Å²) < 4.78 is 0. The SMILES string of the molecule is O=C1NN2C(=NC(C(=O)O)C3Cc4ccccc4C32)C1N=Nc1ccccc1. The van der Waals surface area contributed by atoms with Crippen molar-refractivity contribution in [2.75, 3.05) is 0 Å². The largest absolute Gasteiger partial charge is 0.480 e. The molecule has 2 aromatic rings. The quantitative estimate of drug-likeness (QED) is 0.803. The Morgan fingerprint density at radius 1 is 1.14 bits per heavy atom. The van der Waals surface area contributed by atoms with Crippen LogP contribution >= 0.6 is 0 Å². The summed E-state index contributed by atoms with van der Waals surface area (Å²) in [6.07, 6.45) is 0.608. The molecule has 2 aliphatic heterocycles. The number of benzene rings is 2. The van der Waals surface area contributed by atoms with Gasteiger partial charge in [-0.1, -0.05) is 42.5 Å². The van der Waals surface area contributed by atoms with Crippen LogP contribution in [0, 0.1) is 5.92 Å². The molecule has 8 heteroatoms. The number of aliphatic carboxylic acids is 1. The van der Waals surface area contributed by atoms with Gasteiger partial charge >= 0.3 is 5.97 Å². The van der Waals surface area contributed by atoms with Crippen molar-refractivity contribution in [2.45, 2.75) is 24.5 Å². The topological polar surface area (TPSA) is 107 Å². The normalized spacial score (nSPS) is 27.8. The molecule has 2 aromatic carbocycles. The Balaban J connectivity index is 1.55. The molecule has 0 saturated carbocycles. The molecule has 1 fully saturated rings. The number of carbonyl (C=O) groups excluding carboxylic acids is 1. The van der Waals surface area contributed by atoms with Gasteiger partial charge in [0, 0.05) is 5.92 Å². The van der Waals surface area contributed by atoms with Crippen molar-refractivity contribution in [2.24, 2.45) is 21.1 Å².